The number of amides is 1. The molecule has 2 aromatic carbocycles. The number of carbonyl (C=O) groups excluding carboxylic acids is 1. The fourth-order valence-electron chi connectivity index (χ4n) is 1.83. The SMILES string of the molecule is O=C(NC(=S)Nc1ccc(Cl)cc1C(F)(F)F)c1ccccc1F. The molecule has 126 valence electrons. The number of nitrogens with one attached hydrogen (secondary N) is 2. The van der Waals surface area contributed by atoms with Gasteiger partial charge in [0.25, 0.3) is 5.91 Å². The van der Waals surface area contributed by atoms with Crippen LogP contribution in [0.1, 0.15) is 15.9 Å². The molecule has 0 radical (unpaired) electrons. The molecule has 0 fully saturated rings. The molecule has 24 heavy (non-hydrogen) atoms. The van der Waals surface area contributed by atoms with Gasteiger partial charge in [-0.3, -0.25) is 10.1 Å². The smallest absolute Gasteiger partial charge is 0.332 e. The molecular weight excluding hydrogens is 368 g/mol. The molecule has 0 aromatic heterocycles. The van der Waals surface area contributed by atoms with Gasteiger partial charge < -0.3 is 5.32 Å². The monoisotopic (exact) mass is 376 g/mol. The van der Waals surface area contributed by atoms with E-state index < -0.39 is 28.6 Å². The van der Waals surface area contributed by atoms with E-state index in [1.807, 2.05) is 0 Å². The van der Waals surface area contributed by atoms with Crippen molar-refractivity contribution in [3.05, 3.63) is 64.4 Å². The second-order valence-corrected chi connectivity index (χ2v) is 5.42. The maximum Gasteiger partial charge on any atom is 0.418 e. The van der Waals surface area contributed by atoms with Crippen molar-refractivity contribution in [1.82, 2.24) is 5.32 Å². The summed E-state index contributed by atoms with van der Waals surface area (Å²) in [6, 6.07) is 8.17. The first-order chi connectivity index (χ1) is 11.2. The second kappa shape index (κ2) is 7.14. The molecule has 3 nitrogen and oxygen atoms in total. The summed E-state index contributed by atoms with van der Waals surface area (Å²) in [6.45, 7) is 0. The van der Waals surface area contributed by atoms with Crippen LogP contribution >= 0.6 is 23.8 Å². The lowest BCUT2D eigenvalue weighted by molar-refractivity contribution is -0.136. The number of halogens is 5. The van der Waals surface area contributed by atoms with Crippen molar-refractivity contribution in [2.45, 2.75) is 6.18 Å². The second-order valence-electron chi connectivity index (χ2n) is 4.58. The lowest BCUT2D eigenvalue weighted by Gasteiger charge is -2.16. The Morgan fingerprint density at radius 1 is 1.12 bits per heavy atom. The molecule has 2 rings (SSSR count). The Kier molecular flexibility index (Phi) is 5.40. The minimum atomic E-state index is -4.67. The summed E-state index contributed by atoms with van der Waals surface area (Å²) in [4.78, 5) is 11.9. The van der Waals surface area contributed by atoms with Gasteiger partial charge >= 0.3 is 6.18 Å². The van der Waals surface area contributed by atoms with Crippen molar-refractivity contribution < 1.29 is 22.4 Å². The zero-order valence-corrected chi connectivity index (χ0v) is 13.3. The number of anilines is 1. The third kappa shape index (κ3) is 4.42. The largest absolute Gasteiger partial charge is 0.418 e. The van der Waals surface area contributed by atoms with Gasteiger partial charge in [-0.25, -0.2) is 4.39 Å². The van der Waals surface area contributed by atoms with Crippen LogP contribution in [0.5, 0.6) is 0 Å². The minimum absolute atomic E-state index is 0.103. The topological polar surface area (TPSA) is 41.1 Å². The van der Waals surface area contributed by atoms with E-state index in [2.05, 4.69) is 10.6 Å². The van der Waals surface area contributed by atoms with Crippen LogP contribution in [-0.4, -0.2) is 11.0 Å². The van der Waals surface area contributed by atoms with Crippen LogP contribution in [0, 0.1) is 5.82 Å². The summed E-state index contributed by atoms with van der Waals surface area (Å²) in [5.41, 5.74) is -1.71. The number of benzene rings is 2. The normalized spacial score (nSPS) is 11.0. The van der Waals surface area contributed by atoms with Crippen LogP contribution in [0.4, 0.5) is 23.2 Å². The van der Waals surface area contributed by atoms with Crippen molar-refractivity contribution in [2.24, 2.45) is 0 Å². The molecule has 0 unspecified atom stereocenters. The van der Waals surface area contributed by atoms with Crippen LogP contribution < -0.4 is 10.6 Å². The predicted molar refractivity (Wildman–Crippen MR) is 86.5 cm³/mol. The fourth-order valence-corrected chi connectivity index (χ4v) is 2.20. The number of rotatable bonds is 2. The molecule has 0 saturated heterocycles. The summed E-state index contributed by atoms with van der Waals surface area (Å²) < 4.78 is 52.4. The van der Waals surface area contributed by atoms with E-state index in [0.717, 1.165) is 18.2 Å². The fraction of sp³-hybridized carbons (Fsp3) is 0.0667. The Labute approximate surface area is 144 Å². The van der Waals surface area contributed by atoms with E-state index in [-0.39, 0.29) is 16.3 Å². The van der Waals surface area contributed by atoms with E-state index in [4.69, 9.17) is 23.8 Å². The van der Waals surface area contributed by atoms with Gasteiger partial charge in [-0.05, 0) is 42.5 Å². The Balaban J connectivity index is 2.16. The van der Waals surface area contributed by atoms with E-state index in [0.29, 0.717) is 0 Å². The van der Waals surface area contributed by atoms with E-state index in [1.165, 1.54) is 24.3 Å². The quantitative estimate of drug-likeness (QED) is 0.593. The Hall–Kier alpha value is -2.19. The lowest BCUT2D eigenvalue weighted by atomic mass is 10.1. The molecule has 0 aliphatic carbocycles. The van der Waals surface area contributed by atoms with Crippen molar-refractivity contribution in [3.63, 3.8) is 0 Å². The summed E-state index contributed by atoms with van der Waals surface area (Å²) >= 11 is 10.4. The molecule has 0 heterocycles. The van der Waals surface area contributed by atoms with Gasteiger partial charge in [0.05, 0.1) is 16.8 Å². The summed E-state index contributed by atoms with van der Waals surface area (Å²) in [6.07, 6.45) is -4.67. The molecule has 2 N–H and O–H groups in total. The Morgan fingerprint density at radius 2 is 1.79 bits per heavy atom. The molecule has 0 spiro atoms. The molecule has 9 heteroatoms. The first-order valence-electron chi connectivity index (χ1n) is 6.42. The molecule has 0 bridgehead atoms. The van der Waals surface area contributed by atoms with Gasteiger partial charge in [-0.15, -0.1) is 0 Å². The standard InChI is InChI=1S/C15H9ClF4N2OS/c16-8-5-6-12(10(7-8)15(18,19)20)21-14(24)22-13(23)9-3-1-2-4-11(9)17/h1-7H,(H2,21,22,23,24). The van der Waals surface area contributed by atoms with Gasteiger partial charge in [0.15, 0.2) is 5.11 Å². The van der Waals surface area contributed by atoms with E-state index in [9.17, 15) is 22.4 Å². The van der Waals surface area contributed by atoms with Crippen molar-refractivity contribution in [3.8, 4) is 0 Å². The van der Waals surface area contributed by atoms with E-state index >= 15 is 0 Å². The van der Waals surface area contributed by atoms with Crippen LogP contribution in [0.2, 0.25) is 5.02 Å². The summed E-state index contributed by atoms with van der Waals surface area (Å²) in [5, 5.41) is 3.87. The van der Waals surface area contributed by atoms with Gasteiger partial charge in [-0.1, -0.05) is 23.7 Å². The molecular formula is C15H9ClF4N2OS. The van der Waals surface area contributed by atoms with Crippen molar-refractivity contribution in [1.29, 1.82) is 0 Å². The molecule has 0 aliphatic heterocycles. The van der Waals surface area contributed by atoms with Gasteiger partial charge in [0, 0.05) is 5.02 Å². The summed E-state index contributed by atoms with van der Waals surface area (Å²) in [5.74, 6) is -1.66. The van der Waals surface area contributed by atoms with Crippen LogP contribution in [0.15, 0.2) is 42.5 Å². The number of alkyl halides is 3. The number of thiocarbonyl (C=S) groups is 1. The van der Waals surface area contributed by atoms with Crippen LogP contribution in [0.3, 0.4) is 0 Å². The molecule has 0 saturated carbocycles. The number of hydrogen-bond donors (Lipinski definition) is 2. The Bertz CT molecular complexity index is 795. The van der Waals surface area contributed by atoms with Crippen LogP contribution in [-0.2, 0) is 6.18 Å². The van der Waals surface area contributed by atoms with Crippen molar-refractivity contribution >= 4 is 40.5 Å². The average molecular weight is 377 g/mol. The van der Waals surface area contributed by atoms with E-state index in [1.54, 1.807) is 0 Å². The van der Waals surface area contributed by atoms with Gasteiger partial charge in [0.2, 0.25) is 0 Å². The third-order valence-corrected chi connectivity index (χ3v) is 3.32. The predicted octanol–water partition coefficient (Wildman–Crippen LogP) is 4.62. The molecule has 0 atom stereocenters. The van der Waals surface area contributed by atoms with Gasteiger partial charge in [-0.2, -0.15) is 13.2 Å². The number of hydrogen-bond acceptors (Lipinski definition) is 2. The van der Waals surface area contributed by atoms with Gasteiger partial charge in [0.1, 0.15) is 5.82 Å². The minimum Gasteiger partial charge on any atom is -0.332 e. The highest BCUT2D eigenvalue weighted by Gasteiger charge is 2.34. The molecule has 0 aliphatic rings. The highest BCUT2D eigenvalue weighted by molar-refractivity contribution is 7.80. The zero-order valence-electron chi connectivity index (χ0n) is 11.7. The highest BCUT2D eigenvalue weighted by atomic mass is 35.5. The Morgan fingerprint density at radius 3 is 2.42 bits per heavy atom. The first kappa shape index (κ1) is 18.2. The molecule has 2 aromatic rings. The maximum atomic E-state index is 13.5. The van der Waals surface area contributed by atoms with Crippen LogP contribution in [0.25, 0.3) is 0 Å². The number of carbonyl (C=O) groups is 1. The lowest BCUT2D eigenvalue weighted by Crippen LogP contribution is -2.35. The summed E-state index contributed by atoms with van der Waals surface area (Å²) in [7, 11) is 0. The maximum absolute atomic E-state index is 13.5. The molecule has 1 amide bonds. The average Bonchev–Trinajstić information content (AvgIpc) is 2.48. The highest BCUT2D eigenvalue weighted by Crippen LogP contribution is 2.36. The third-order valence-electron chi connectivity index (χ3n) is 2.88. The first-order valence-corrected chi connectivity index (χ1v) is 7.20. The van der Waals surface area contributed by atoms with Crippen molar-refractivity contribution in [2.75, 3.05) is 5.32 Å². The zero-order chi connectivity index (χ0) is 17.9.